The van der Waals surface area contributed by atoms with Gasteiger partial charge in [-0.15, -0.1) is 0 Å². The van der Waals surface area contributed by atoms with Gasteiger partial charge in [0.1, 0.15) is 12.2 Å². The van der Waals surface area contributed by atoms with Gasteiger partial charge in [0.2, 0.25) is 0 Å². The zero-order valence-electron chi connectivity index (χ0n) is 23.4. The number of aliphatic hydroxyl groups is 5. The Morgan fingerprint density at radius 3 is 2.38 bits per heavy atom. The second kappa shape index (κ2) is 18.9. The molecule has 0 radical (unpaired) electrons. The van der Waals surface area contributed by atoms with Crippen molar-refractivity contribution < 1.29 is 44.5 Å². The fraction of sp³-hybridized carbons (Fsp3) is 0.581. The molecule has 1 fully saturated rings. The fourth-order valence-corrected chi connectivity index (χ4v) is 4.29. The third kappa shape index (κ3) is 12.9. The summed E-state index contributed by atoms with van der Waals surface area (Å²) in [5.41, 5.74) is 0. The van der Waals surface area contributed by atoms with Crippen molar-refractivity contribution in [2.45, 2.75) is 101 Å². The highest BCUT2D eigenvalue weighted by Crippen LogP contribution is 2.28. The molecule has 2 aliphatic rings. The van der Waals surface area contributed by atoms with E-state index in [1.165, 1.54) is 6.08 Å². The molecule has 9 nitrogen and oxygen atoms in total. The molecule has 2 heterocycles. The number of ether oxygens (including phenoxy) is 3. The van der Waals surface area contributed by atoms with Gasteiger partial charge in [-0.25, -0.2) is 4.79 Å². The zero-order valence-corrected chi connectivity index (χ0v) is 23.4. The average Bonchev–Trinajstić information content (AvgIpc) is 2.91. The number of carbonyl (C=O) groups excluding carboxylic acids is 1. The van der Waals surface area contributed by atoms with E-state index in [9.17, 15) is 30.3 Å². The highest BCUT2D eigenvalue weighted by molar-refractivity contribution is 5.82. The highest BCUT2D eigenvalue weighted by Gasteiger charge is 2.43. The van der Waals surface area contributed by atoms with Crippen molar-refractivity contribution in [3.63, 3.8) is 0 Å². The van der Waals surface area contributed by atoms with E-state index in [0.29, 0.717) is 19.3 Å². The molecule has 0 spiro atoms. The van der Waals surface area contributed by atoms with Crippen LogP contribution in [0.2, 0.25) is 0 Å². The summed E-state index contributed by atoms with van der Waals surface area (Å²) in [6.45, 7) is 3.08. The first-order valence-electron chi connectivity index (χ1n) is 14.1. The van der Waals surface area contributed by atoms with Gasteiger partial charge < -0.3 is 39.7 Å². The molecule has 5 N–H and O–H groups in total. The van der Waals surface area contributed by atoms with Crippen molar-refractivity contribution in [3.8, 4) is 0 Å². The predicted octanol–water partition coefficient (Wildman–Crippen LogP) is 2.79. The van der Waals surface area contributed by atoms with Crippen LogP contribution in [0.25, 0.3) is 0 Å². The highest BCUT2D eigenvalue weighted by atomic mass is 16.7. The lowest BCUT2D eigenvalue weighted by Gasteiger charge is -2.41. The number of carbonyl (C=O) groups is 1. The van der Waals surface area contributed by atoms with Gasteiger partial charge in [-0.05, 0) is 39.0 Å². The van der Waals surface area contributed by atoms with Crippen molar-refractivity contribution in [1.82, 2.24) is 0 Å². The molecule has 224 valence electrons. The van der Waals surface area contributed by atoms with E-state index in [4.69, 9.17) is 14.2 Å². The number of esters is 1. The SMILES string of the molecule is C[C@@H]1[C@@H](O[C@H]2C=CC=CCCC[C@@H](C)OC(=O)C=CC=CC[C@H](O)C=CC=CC[C@H](O)C2)O[C@@H](CO)[C@H](O)[C@H]1O. The van der Waals surface area contributed by atoms with Gasteiger partial charge in [0, 0.05) is 18.4 Å². The maximum atomic E-state index is 11.9. The Balaban J connectivity index is 2.10. The van der Waals surface area contributed by atoms with Crippen molar-refractivity contribution in [2.24, 2.45) is 5.92 Å². The van der Waals surface area contributed by atoms with E-state index in [1.54, 1.807) is 55.5 Å². The van der Waals surface area contributed by atoms with Gasteiger partial charge in [0.15, 0.2) is 6.29 Å². The van der Waals surface area contributed by atoms with E-state index in [1.807, 2.05) is 25.2 Å². The third-order valence-corrected chi connectivity index (χ3v) is 6.72. The molecular formula is C31H46O9. The topological polar surface area (TPSA) is 146 Å². The Kier molecular flexibility index (Phi) is 16.0. The van der Waals surface area contributed by atoms with E-state index < -0.39 is 61.4 Å². The molecular weight excluding hydrogens is 516 g/mol. The predicted molar refractivity (Wildman–Crippen MR) is 152 cm³/mol. The van der Waals surface area contributed by atoms with Crippen molar-refractivity contribution in [2.75, 3.05) is 6.61 Å². The summed E-state index contributed by atoms with van der Waals surface area (Å²) in [4.78, 5) is 11.9. The first-order chi connectivity index (χ1) is 19.2. The van der Waals surface area contributed by atoms with E-state index in [2.05, 4.69) is 0 Å². The molecule has 0 bridgehead atoms. The lowest BCUT2D eigenvalue weighted by molar-refractivity contribution is -0.290. The normalized spacial score (nSPS) is 35.8. The molecule has 0 aromatic heterocycles. The second-order valence-electron chi connectivity index (χ2n) is 10.3. The van der Waals surface area contributed by atoms with Crippen LogP contribution in [0.1, 0.15) is 52.4 Å². The van der Waals surface area contributed by atoms with Crippen LogP contribution in [0.15, 0.2) is 72.9 Å². The molecule has 1 saturated heterocycles. The molecule has 9 heteroatoms. The summed E-state index contributed by atoms with van der Waals surface area (Å²) < 4.78 is 17.2. The Labute approximate surface area is 237 Å². The van der Waals surface area contributed by atoms with Crippen molar-refractivity contribution in [3.05, 3.63) is 72.9 Å². The molecule has 0 saturated carbocycles. The largest absolute Gasteiger partial charge is 0.460 e. The standard InChI is InChI=1S/C31H46O9/c1-22-14-8-4-3-5-12-18-26(39-31-23(2)29(36)30(37)27(21-32)40-31)20-25(34)17-11-6-9-15-24(33)16-10-7-13-19-28(35)38-22/h3,5-7,9-13,15,18-19,22-27,29-34,36-37H,4,8,14,16-17,20-21H2,1-2H3/t22-,23+,24-,25+,26+,27+,29+,30+,31+/m1/s1. The average molecular weight is 563 g/mol. The first kappa shape index (κ1) is 33.8. The Morgan fingerprint density at radius 1 is 0.900 bits per heavy atom. The number of aliphatic hydroxyl groups excluding tert-OH is 5. The summed E-state index contributed by atoms with van der Waals surface area (Å²) in [6.07, 6.45) is 17.6. The summed E-state index contributed by atoms with van der Waals surface area (Å²) in [5, 5.41) is 50.8. The molecule has 0 amide bonds. The van der Waals surface area contributed by atoms with Gasteiger partial charge in [-0.3, -0.25) is 0 Å². The van der Waals surface area contributed by atoms with Crippen LogP contribution >= 0.6 is 0 Å². The summed E-state index contributed by atoms with van der Waals surface area (Å²) >= 11 is 0. The van der Waals surface area contributed by atoms with E-state index >= 15 is 0 Å². The fourth-order valence-electron chi connectivity index (χ4n) is 4.29. The smallest absolute Gasteiger partial charge is 0.331 e. The minimum atomic E-state index is -1.22. The van der Waals surface area contributed by atoms with Crippen molar-refractivity contribution in [1.29, 1.82) is 0 Å². The summed E-state index contributed by atoms with van der Waals surface area (Å²) in [6, 6.07) is 0. The van der Waals surface area contributed by atoms with Gasteiger partial charge in [-0.1, -0.05) is 73.8 Å². The lowest BCUT2D eigenvalue weighted by Crippen LogP contribution is -2.56. The number of hydrogen-bond acceptors (Lipinski definition) is 9. The Hall–Kier alpha value is -2.37. The molecule has 0 aromatic carbocycles. The third-order valence-electron chi connectivity index (χ3n) is 6.72. The Morgan fingerprint density at radius 2 is 1.60 bits per heavy atom. The number of cyclic esters (lactones) is 1. The van der Waals surface area contributed by atoms with Gasteiger partial charge >= 0.3 is 5.97 Å². The van der Waals surface area contributed by atoms with Crippen LogP contribution in [0, 0.1) is 5.92 Å². The van der Waals surface area contributed by atoms with E-state index in [-0.39, 0.29) is 12.5 Å². The molecule has 0 aliphatic carbocycles. The number of hydrogen-bond donors (Lipinski definition) is 5. The zero-order chi connectivity index (χ0) is 29.3. The molecule has 40 heavy (non-hydrogen) atoms. The monoisotopic (exact) mass is 562 g/mol. The van der Waals surface area contributed by atoms with Crippen LogP contribution in [-0.2, 0) is 19.0 Å². The van der Waals surface area contributed by atoms with Crippen LogP contribution in [0.5, 0.6) is 0 Å². The molecule has 2 aliphatic heterocycles. The van der Waals surface area contributed by atoms with Gasteiger partial charge in [-0.2, -0.15) is 0 Å². The summed E-state index contributed by atoms with van der Waals surface area (Å²) in [7, 11) is 0. The molecule has 9 atom stereocenters. The second-order valence-corrected chi connectivity index (χ2v) is 10.3. The first-order valence-corrected chi connectivity index (χ1v) is 14.1. The minimum Gasteiger partial charge on any atom is -0.460 e. The maximum absolute atomic E-state index is 11.9. The molecule has 0 unspecified atom stereocenters. The molecule has 2 rings (SSSR count). The van der Waals surface area contributed by atoms with Crippen LogP contribution in [0.4, 0.5) is 0 Å². The van der Waals surface area contributed by atoms with Crippen molar-refractivity contribution >= 4 is 5.97 Å². The lowest BCUT2D eigenvalue weighted by atomic mass is 9.92. The Bertz CT molecular complexity index is 904. The quantitative estimate of drug-likeness (QED) is 0.328. The summed E-state index contributed by atoms with van der Waals surface area (Å²) in [5.74, 6) is -0.966. The van der Waals surface area contributed by atoms with E-state index in [0.717, 1.165) is 12.8 Å². The number of rotatable bonds is 3. The number of allylic oxidation sites excluding steroid dienone is 7. The van der Waals surface area contributed by atoms with Crippen LogP contribution in [0.3, 0.4) is 0 Å². The molecule has 0 aromatic rings. The van der Waals surface area contributed by atoms with Gasteiger partial charge in [0.25, 0.3) is 0 Å². The maximum Gasteiger partial charge on any atom is 0.331 e. The van der Waals surface area contributed by atoms with Gasteiger partial charge in [0.05, 0.1) is 37.1 Å². The van der Waals surface area contributed by atoms with Crippen LogP contribution < -0.4 is 0 Å². The minimum absolute atomic E-state index is 0.219. The van der Waals surface area contributed by atoms with Crippen LogP contribution in [-0.4, -0.2) is 87.1 Å².